The lowest BCUT2D eigenvalue weighted by atomic mass is 10.0. The van der Waals surface area contributed by atoms with E-state index >= 15 is 0 Å². The molecule has 1 N–H and O–H groups in total. The molecule has 0 aliphatic carbocycles. The highest BCUT2D eigenvalue weighted by molar-refractivity contribution is 6.04. The summed E-state index contributed by atoms with van der Waals surface area (Å²) in [5.41, 5.74) is 2.04. The van der Waals surface area contributed by atoms with E-state index in [-0.39, 0.29) is 5.91 Å². The zero-order valence-corrected chi connectivity index (χ0v) is 15.0. The van der Waals surface area contributed by atoms with Gasteiger partial charge in [0.2, 0.25) is 0 Å². The van der Waals surface area contributed by atoms with Gasteiger partial charge in [-0.05, 0) is 43.4 Å². The third-order valence-corrected chi connectivity index (χ3v) is 4.47. The Hall–Kier alpha value is -2.63. The minimum absolute atomic E-state index is 0.266. The molecule has 2 heterocycles. The van der Waals surface area contributed by atoms with Gasteiger partial charge in [0.05, 0.1) is 12.8 Å². The standard InChI is InChI=1S/C19H24N4O2/c1-13-6-7-17(25-3)15(9-13)22-19(24)16-10-18(21-12-20-16)23-8-4-5-14(2)11-23/h6-7,9-10,12,14H,4-5,8,11H2,1-3H3,(H,22,24). The Labute approximate surface area is 148 Å². The van der Waals surface area contributed by atoms with Crippen molar-refractivity contribution in [2.75, 3.05) is 30.4 Å². The molecule has 1 aliphatic rings. The molecular weight excluding hydrogens is 316 g/mol. The second kappa shape index (κ2) is 7.51. The number of carbonyl (C=O) groups excluding carboxylic acids is 1. The molecule has 0 saturated carbocycles. The van der Waals surface area contributed by atoms with E-state index in [1.54, 1.807) is 13.2 Å². The molecular formula is C19H24N4O2. The van der Waals surface area contributed by atoms with Crippen LogP contribution in [-0.4, -0.2) is 36.1 Å². The van der Waals surface area contributed by atoms with Gasteiger partial charge in [-0.1, -0.05) is 13.0 Å². The Morgan fingerprint density at radius 3 is 2.92 bits per heavy atom. The van der Waals surface area contributed by atoms with Crippen molar-refractivity contribution in [2.45, 2.75) is 26.7 Å². The zero-order chi connectivity index (χ0) is 17.8. The van der Waals surface area contributed by atoms with Crippen LogP contribution >= 0.6 is 0 Å². The van der Waals surface area contributed by atoms with Gasteiger partial charge in [-0.25, -0.2) is 9.97 Å². The van der Waals surface area contributed by atoms with Gasteiger partial charge in [0.1, 0.15) is 23.6 Å². The third kappa shape index (κ3) is 4.07. The average molecular weight is 340 g/mol. The smallest absolute Gasteiger partial charge is 0.274 e. The number of ether oxygens (including phenoxy) is 1. The number of methoxy groups -OCH3 is 1. The van der Waals surface area contributed by atoms with Crippen molar-refractivity contribution in [3.8, 4) is 5.75 Å². The second-order valence-corrected chi connectivity index (χ2v) is 6.61. The molecule has 1 atom stereocenters. The summed E-state index contributed by atoms with van der Waals surface area (Å²) < 4.78 is 5.31. The van der Waals surface area contributed by atoms with Gasteiger partial charge < -0.3 is 15.0 Å². The summed E-state index contributed by atoms with van der Waals surface area (Å²) in [5.74, 6) is 1.80. The highest BCUT2D eigenvalue weighted by atomic mass is 16.5. The van der Waals surface area contributed by atoms with Gasteiger partial charge in [0.15, 0.2) is 0 Å². The minimum Gasteiger partial charge on any atom is -0.495 e. The van der Waals surface area contributed by atoms with E-state index in [0.717, 1.165) is 30.9 Å². The van der Waals surface area contributed by atoms with Gasteiger partial charge in [0.25, 0.3) is 5.91 Å². The van der Waals surface area contributed by atoms with Crippen molar-refractivity contribution in [1.29, 1.82) is 0 Å². The topological polar surface area (TPSA) is 67.3 Å². The van der Waals surface area contributed by atoms with Crippen LogP contribution in [0.25, 0.3) is 0 Å². The number of rotatable bonds is 4. The number of piperidine rings is 1. The van der Waals surface area contributed by atoms with Crippen LogP contribution in [0.5, 0.6) is 5.75 Å². The van der Waals surface area contributed by atoms with Crippen LogP contribution in [0.2, 0.25) is 0 Å². The fourth-order valence-electron chi connectivity index (χ4n) is 3.15. The number of amides is 1. The highest BCUT2D eigenvalue weighted by Crippen LogP contribution is 2.26. The van der Waals surface area contributed by atoms with Gasteiger partial charge in [0, 0.05) is 19.2 Å². The average Bonchev–Trinajstić information content (AvgIpc) is 2.62. The SMILES string of the molecule is COc1ccc(C)cc1NC(=O)c1cc(N2CCCC(C)C2)ncn1. The molecule has 6 nitrogen and oxygen atoms in total. The zero-order valence-electron chi connectivity index (χ0n) is 15.0. The molecule has 1 amide bonds. The Kier molecular flexibility index (Phi) is 5.16. The molecule has 3 rings (SSSR count). The summed E-state index contributed by atoms with van der Waals surface area (Å²) in [5, 5.41) is 2.88. The van der Waals surface area contributed by atoms with Gasteiger partial charge >= 0.3 is 0 Å². The third-order valence-electron chi connectivity index (χ3n) is 4.47. The predicted molar refractivity (Wildman–Crippen MR) is 98.3 cm³/mol. The lowest BCUT2D eigenvalue weighted by Gasteiger charge is -2.31. The Bertz CT molecular complexity index is 763. The number of aromatic nitrogens is 2. The fraction of sp³-hybridized carbons (Fsp3) is 0.421. The number of anilines is 2. The van der Waals surface area contributed by atoms with Crippen LogP contribution < -0.4 is 15.0 Å². The molecule has 1 aromatic heterocycles. The highest BCUT2D eigenvalue weighted by Gasteiger charge is 2.19. The van der Waals surface area contributed by atoms with Gasteiger partial charge in [-0.15, -0.1) is 0 Å². The van der Waals surface area contributed by atoms with E-state index in [9.17, 15) is 4.79 Å². The molecule has 6 heteroatoms. The first-order chi connectivity index (χ1) is 12.1. The summed E-state index contributed by atoms with van der Waals surface area (Å²) in [4.78, 5) is 23.3. The quantitative estimate of drug-likeness (QED) is 0.925. The molecule has 2 aromatic rings. The molecule has 1 saturated heterocycles. The first-order valence-corrected chi connectivity index (χ1v) is 8.60. The molecule has 1 aromatic carbocycles. The van der Waals surface area contributed by atoms with Crippen LogP contribution in [0.1, 0.15) is 35.8 Å². The minimum atomic E-state index is -0.266. The molecule has 1 fully saturated rings. The predicted octanol–water partition coefficient (Wildman–Crippen LogP) is 3.28. The first-order valence-electron chi connectivity index (χ1n) is 8.60. The summed E-state index contributed by atoms with van der Waals surface area (Å²) in [6, 6.07) is 7.42. The number of benzene rings is 1. The first kappa shape index (κ1) is 17.2. The van der Waals surface area contributed by atoms with Crippen LogP contribution in [-0.2, 0) is 0 Å². The summed E-state index contributed by atoms with van der Waals surface area (Å²) in [6.45, 7) is 6.14. The van der Waals surface area contributed by atoms with E-state index in [1.165, 1.54) is 12.7 Å². The maximum absolute atomic E-state index is 12.6. The lowest BCUT2D eigenvalue weighted by molar-refractivity contribution is 0.102. The van der Waals surface area contributed by atoms with Crippen LogP contribution in [0.3, 0.4) is 0 Å². The Morgan fingerprint density at radius 2 is 2.16 bits per heavy atom. The summed E-state index contributed by atoms with van der Waals surface area (Å²) in [7, 11) is 1.58. The largest absolute Gasteiger partial charge is 0.495 e. The number of nitrogens with one attached hydrogen (secondary N) is 1. The monoisotopic (exact) mass is 340 g/mol. The van der Waals surface area contributed by atoms with Crippen molar-refractivity contribution < 1.29 is 9.53 Å². The van der Waals surface area contributed by atoms with Gasteiger partial charge in [-0.2, -0.15) is 0 Å². The van der Waals surface area contributed by atoms with Gasteiger partial charge in [-0.3, -0.25) is 4.79 Å². The maximum Gasteiger partial charge on any atom is 0.274 e. The number of hydrogen-bond acceptors (Lipinski definition) is 5. The fourth-order valence-corrected chi connectivity index (χ4v) is 3.15. The molecule has 25 heavy (non-hydrogen) atoms. The van der Waals surface area contributed by atoms with E-state index in [2.05, 4.69) is 27.1 Å². The van der Waals surface area contributed by atoms with Crippen LogP contribution in [0.4, 0.5) is 11.5 Å². The number of carbonyl (C=O) groups is 1. The van der Waals surface area contributed by atoms with E-state index in [4.69, 9.17) is 4.74 Å². The number of aryl methyl sites for hydroxylation is 1. The normalized spacial score (nSPS) is 17.2. The Morgan fingerprint density at radius 1 is 1.32 bits per heavy atom. The van der Waals surface area contributed by atoms with E-state index < -0.39 is 0 Å². The lowest BCUT2D eigenvalue weighted by Crippen LogP contribution is -2.35. The second-order valence-electron chi connectivity index (χ2n) is 6.61. The van der Waals surface area contributed by atoms with Crippen LogP contribution in [0, 0.1) is 12.8 Å². The molecule has 0 bridgehead atoms. The Balaban J connectivity index is 1.79. The number of hydrogen-bond donors (Lipinski definition) is 1. The van der Waals surface area contributed by atoms with Crippen molar-refractivity contribution in [3.05, 3.63) is 41.9 Å². The van der Waals surface area contributed by atoms with E-state index in [1.807, 2.05) is 25.1 Å². The van der Waals surface area contributed by atoms with Crippen molar-refractivity contribution in [1.82, 2.24) is 9.97 Å². The van der Waals surface area contributed by atoms with Crippen molar-refractivity contribution in [3.63, 3.8) is 0 Å². The summed E-state index contributed by atoms with van der Waals surface area (Å²) >= 11 is 0. The maximum atomic E-state index is 12.6. The number of nitrogens with zero attached hydrogens (tertiary/aromatic N) is 3. The van der Waals surface area contributed by atoms with E-state index in [0.29, 0.717) is 23.0 Å². The molecule has 1 aliphatic heterocycles. The molecule has 132 valence electrons. The molecule has 1 unspecified atom stereocenters. The molecule has 0 radical (unpaired) electrons. The summed E-state index contributed by atoms with van der Waals surface area (Å²) in [6.07, 6.45) is 3.84. The molecule has 0 spiro atoms. The van der Waals surface area contributed by atoms with Crippen molar-refractivity contribution >= 4 is 17.4 Å². The van der Waals surface area contributed by atoms with Crippen molar-refractivity contribution in [2.24, 2.45) is 5.92 Å². The van der Waals surface area contributed by atoms with Crippen LogP contribution in [0.15, 0.2) is 30.6 Å².